The average Bonchev–Trinajstić information content (AvgIpc) is 3.84. The maximum atomic E-state index is 12.8. The SMILES string of the molecule is CC(C)CCCCCCCCCCCCCCCCCC(=O)SCCNC(=O)CCNC(=O)C(O)C(C)(C)COP(=O)(O)OP(=O)(O)OCC1OC(n2cnc3c(N)ncnc32)C(O)C1OP(=O)(O)O. The van der Waals surface area contributed by atoms with Gasteiger partial charge in [0, 0.05) is 37.1 Å². The Morgan fingerprint density at radius 2 is 1.40 bits per heavy atom. The minimum absolute atomic E-state index is 0.0341. The molecule has 0 radical (unpaired) electrons. The number of phosphoric ester groups is 3. The van der Waals surface area contributed by atoms with E-state index in [1.807, 2.05) is 0 Å². The molecule has 7 atom stereocenters. The molecule has 24 nitrogen and oxygen atoms in total. The van der Waals surface area contributed by atoms with Crippen LogP contribution in [0.5, 0.6) is 0 Å². The monoisotopic (exact) mass is 1080 g/mol. The first-order chi connectivity index (χ1) is 32.9. The lowest BCUT2D eigenvalue weighted by atomic mass is 9.87. The van der Waals surface area contributed by atoms with Crippen molar-refractivity contribution in [3.63, 3.8) is 0 Å². The molecular formula is C42H76N7O17P3S. The minimum Gasteiger partial charge on any atom is -0.386 e. The number of nitrogens with zero attached hydrogens (tertiary/aromatic N) is 4. The molecule has 2 aromatic heterocycles. The van der Waals surface area contributed by atoms with E-state index < -0.39 is 84.6 Å². The molecule has 3 rings (SSSR count). The molecule has 28 heteroatoms. The maximum absolute atomic E-state index is 12.8. The lowest BCUT2D eigenvalue weighted by Gasteiger charge is -2.30. The molecule has 1 fully saturated rings. The predicted molar refractivity (Wildman–Crippen MR) is 260 cm³/mol. The van der Waals surface area contributed by atoms with Gasteiger partial charge in [0.2, 0.25) is 11.8 Å². The Labute approximate surface area is 414 Å². The number of phosphoric acid groups is 3. The van der Waals surface area contributed by atoms with Crippen molar-refractivity contribution in [1.82, 2.24) is 30.2 Å². The highest BCUT2D eigenvalue weighted by Gasteiger charge is 2.50. The number of nitrogens with one attached hydrogen (secondary N) is 2. The average molecular weight is 1080 g/mol. The largest absolute Gasteiger partial charge is 0.481 e. The summed E-state index contributed by atoms with van der Waals surface area (Å²) in [6.45, 7) is 5.17. The van der Waals surface area contributed by atoms with Gasteiger partial charge in [-0.3, -0.25) is 32.5 Å². The number of aliphatic hydroxyl groups is 2. The van der Waals surface area contributed by atoms with Crippen molar-refractivity contribution in [1.29, 1.82) is 0 Å². The van der Waals surface area contributed by atoms with Crippen LogP contribution in [0.15, 0.2) is 12.7 Å². The number of unbranched alkanes of at least 4 members (excludes halogenated alkanes) is 14. The van der Waals surface area contributed by atoms with Crippen LogP contribution < -0.4 is 16.4 Å². The van der Waals surface area contributed by atoms with E-state index >= 15 is 0 Å². The Morgan fingerprint density at radius 1 is 0.829 bits per heavy atom. The van der Waals surface area contributed by atoms with Crippen molar-refractivity contribution in [3.8, 4) is 0 Å². The maximum Gasteiger partial charge on any atom is 0.481 e. The number of ether oxygens (including phenoxy) is 1. The molecule has 1 aliphatic rings. The van der Waals surface area contributed by atoms with Gasteiger partial charge in [-0.25, -0.2) is 28.6 Å². The van der Waals surface area contributed by atoms with Crippen molar-refractivity contribution in [2.24, 2.45) is 11.3 Å². The molecule has 0 bridgehead atoms. The highest BCUT2D eigenvalue weighted by atomic mass is 32.2. The first-order valence-corrected chi connectivity index (χ1v) is 29.5. The Morgan fingerprint density at radius 3 is 1.99 bits per heavy atom. The second-order valence-corrected chi connectivity index (χ2v) is 23.9. The number of nitrogens with two attached hydrogens (primary N) is 1. The fraction of sp³-hybridized carbons (Fsp3) is 0.810. The van der Waals surface area contributed by atoms with E-state index in [1.165, 1.54) is 97.3 Å². The summed E-state index contributed by atoms with van der Waals surface area (Å²) in [4.78, 5) is 88.5. The summed E-state index contributed by atoms with van der Waals surface area (Å²) in [6, 6.07) is 0. The molecule has 0 spiro atoms. The molecule has 3 heterocycles. The van der Waals surface area contributed by atoms with Crippen molar-refractivity contribution in [2.75, 3.05) is 37.8 Å². The van der Waals surface area contributed by atoms with E-state index in [0.717, 1.165) is 54.2 Å². The van der Waals surface area contributed by atoms with E-state index in [-0.39, 0.29) is 41.6 Å². The number of aromatic nitrogens is 4. The number of hydrogen-bond acceptors (Lipinski definition) is 18. The van der Waals surface area contributed by atoms with Gasteiger partial charge in [0.15, 0.2) is 22.8 Å². The Hall–Kier alpha value is -2.44. The van der Waals surface area contributed by atoms with E-state index in [0.29, 0.717) is 12.2 Å². The highest BCUT2D eigenvalue weighted by molar-refractivity contribution is 8.13. The van der Waals surface area contributed by atoms with E-state index in [9.17, 15) is 57.9 Å². The van der Waals surface area contributed by atoms with Gasteiger partial charge in [-0.2, -0.15) is 4.31 Å². The van der Waals surface area contributed by atoms with Gasteiger partial charge in [0.1, 0.15) is 36.3 Å². The van der Waals surface area contributed by atoms with Crippen molar-refractivity contribution in [3.05, 3.63) is 12.7 Å². The summed E-state index contributed by atoms with van der Waals surface area (Å²) in [7, 11) is -16.4. The number of amides is 2. The third-order valence-corrected chi connectivity index (χ3v) is 15.5. The Bertz CT molecular complexity index is 2060. The zero-order valence-corrected chi connectivity index (χ0v) is 44.2. The smallest absolute Gasteiger partial charge is 0.386 e. The first-order valence-electron chi connectivity index (χ1n) is 24.0. The second kappa shape index (κ2) is 30.7. The van der Waals surface area contributed by atoms with E-state index in [1.54, 1.807) is 0 Å². The van der Waals surface area contributed by atoms with Crippen LogP contribution in [0.4, 0.5) is 5.82 Å². The van der Waals surface area contributed by atoms with Crippen LogP contribution in [0, 0.1) is 11.3 Å². The van der Waals surface area contributed by atoms with Gasteiger partial charge in [-0.05, 0) is 12.3 Å². The summed E-state index contributed by atoms with van der Waals surface area (Å²) < 4.78 is 62.5. The molecule has 0 saturated carbocycles. The second-order valence-electron chi connectivity index (χ2n) is 18.5. The third kappa shape index (κ3) is 23.6. The standard InChI is InChI=1S/C42H76N7O17P3S/c1-30(2)20-18-16-14-12-10-8-6-5-7-9-11-13-15-17-19-21-33(51)70-25-24-44-32(50)22-23-45-40(54)37(53)42(3,4)27-63-69(60,61)66-68(58,59)62-26-31-36(65-67(55,56)57)35(52)41(64-31)49-29-48-34-38(43)46-28-47-39(34)49/h28-31,35-37,41,52-53H,5-27H2,1-4H3,(H,44,50)(H,45,54)(H,58,59)(H,60,61)(H2,43,46,47)(H2,55,56,57). The first kappa shape index (κ1) is 61.9. The summed E-state index contributed by atoms with van der Waals surface area (Å²) in [5.41, 5.74) is 4.29. The Balaban J connectivity index is 1.26. The predicted octanol–water partition coefficient (Wildman–Crippen LogP) is 5.95. The molecule has 0 aromatic carbocycles. The number of hydrogen-bond donors (Lipinski definition) is 9. The number of rotatable bonds is 37. The minimum atomic E-state index is -5.58. The molecule has 7 unspecified atom stereocenters. The number of carbonyl (C=O) groups excluding carboxylic acids is 3. The van der Waals surface area contributed by atoms with Crippen molar-refractivity contribution >= 4 is 69.1 Å². The summed E-state index contributed by atoms with van der Waals surface area (Å²) in [6.07, 6.45) is 13.8. The molecule has 0 aliphatic carbocycles. The van der Waals surface area contributed by atoms with E-state index in [2.05, 4.69) is 48.3 Å². The van der Waals surface area contributed by atoms with Gasteiger partial charge < -0.3 is 50.9 Å². The lowest BCUT2D eigenvalue weighted by Crippen LogP contribution is -2.46. The fourth-order valence-electron chi connectivity index (χ4n) is 7.49. The molecule has 1 aliphatic heterocycles. The Kier molecular flexibility index (Phi) is 27.1. The molecule has 402 valence electrons. The van der Waals surface area contributed by atoms with Crippen LogP contribution in [0.2, 0.25) is 0 Å². The lowest BCUT2D eigenvalue weighted by molar-refractivity contribution is -0.137. The normalized spacial score (nSPS) is 19.8. The quantitative estimate of drug-likeness (QED) is 0.0279. The molecule has 2 aromatic rings. The van der Waals surface area contributed by atoms with Crippen molar-refractivity contribution in [2.45, 2.75) is 174 Å². The highest BCUT2D eigenvalue weighted by Crippen LogP contribution is 2.61. The van der Waals surface area contributed by atoms with Crippen molar-refractivity contribution < 1.29 is 80.5 Å². The topological polar surface area (TPSA) is 364 Å². The number of thioether (sulfide) groups is 1. The fourth-order valence-corrected chi connectivity index (χ4v) is 11.0. The zero-order valence-electron chi connectivity index (χ0n) is 40.7. The van der Waals surface area contributed by atoms with E-state index in [4.69, 9.17) is 19.5 Å². The molecule has 70 heavy (non-hydrogen) atoms. The van der Waals surface area contributed by atoms with Gasteiger partial charge >= 0.3 is 23.5 Å². The third-order valence-electron chi connectivity index (χ3n) is 11.4. The van der Waals surface area contributed by atoms with Gasteiger partial charge in [0.25, 0.3) is 0 Å². The van der Waals surface area contributed by atoms with Gasteiger partial charge in [-0.1, -0.05) is 136 Å². The number of anilines is 1. The van der Waals surface area contributed by atoms with Crippen LogP contribution in [-0.4, -0.2) is 123 Å². The number of nitrogen functional groups attached to an aromatic ring is 1. The van der Waals surface area contributed by atoms with Crippen LogP contribution in [0.25, 0.3) is 11.2 Å². The van der Waals surface area contributed by atoms with Gasteiger partial charge in [0.05, 0.1) is 19.5 Å². The van der Waals surface area contributed by atoms with Crippen LogP contribution in [-0.2, 0) is 50.7 Å². The van der Waals surface area contributed by atoms with Gasteiger partial charge in [-0.15, -0.1) is 0 Å². The zero-order chi connectivity index (χ0) is 52.0. The number of carbonyl (C=O) groups is 3. The molecule has 2 amide bonds. The number of aliphatic hydroxyl groups excluding tert-OH is 2. The van der Waals surface area contributed by atoms with Crippen LogP contribution in [0.3, 0.4) is 0 Å². The summed E-state index contributed by atoms with van der Waals surface area (Å²) in [5.74, 6) is -0.200. The number of imidazole rings is 1. The molecular weight excluding hydrogens is 999 g/mol. The van der Waals surface area contributed by atoms with Crippen LogP contribution >= 0.6 is 35.2 Å². The molecule has 10 N–H and O–H groups in total. The number of fused-ring (bicyclic) bond motifs is 1. The summed E-state index contributed by atoms with van der Waals surface area (Å²) in [5, 5.41) is 26.7. The molecule has 1 saturated heterocycles. The van der Waals surface area contributed by atoms with Crippen LogP contribution in [0.1, 0.15) is 149 Å². The summed E-state index contributed by atoms with van der Waals surface area (Å²) >= 11 is 1.16.